The number of para-hydroxylation sites is 1. The highest BCUT2D eigenvalue weighted by molar-refractivity contribution is 6.04. The summed E-state index contributed by atoms with van der Waals surface area (Å²) in [6.45, 7) is 0.567. The van der Waals surface area contributed by atoms with Crippen molar-refractivity contribution in [3.63, 3.8) is 0 Å². The van der Waals surface area contributed by atoms with Crippen LogP contribution in [0, 0.1) is 5.82 Å². The molecule has 0 saturated heterocycles. The van der Waals surface area contributed by atoms with Crippen LogP contribution in [0.4, 0.5) is 4.39 Å². The van der Waals surface area contributed by atoms with Gasteiger partial charge >= 0.3 is 5.97 Å². The Morgan fingerprint density at radius 1 is 1.14 bits per heavy atom. The van der Waals surface area contributed by atoms with Gasteiger partial charge < -0.3 is 9.30 Å². The van der Waals surface area contributed by atoms with Gasteiger partial charge in [-0.1, -0.05) is 30.3 Å². The van der Waals surface area contributed by atoms with E-state index in [1.165, 1.54) is 19.2 Å². The molecule has 0 amide bonds. The van der Waals surface area contributed by atoms with Crippen LogP contribution in [0.5, 0.6) is 0 Å². The largest absolute Gasteiger partial charge is 0.465 e. The van der Waals surface area contributed by atoms with Crippen LogP contribution in [0.1, 0.15) is 15.9 Å². The maximum absolute atomic E-state index is 13.0. The summed E-state index contributed by atoms with van der Waals surface area (Å²) in [5.74, 6) is -0.615. The molecule has 0 spiro atoms. The molecule has 1 heterocycles. The molecule has 0 unspecified atom stereocenters. The summed E-state index contributed by atoms with van der Waals surface area (Å²) in [6.07, 6.45) is 1.78. The second-order valence-corrected chi connectivity index (χ2v) is 4.81. The van der Waals surface area contributed by atoms with Gasteiger partial charge in [0.15, 0.2) is 0 Å². The molecule has 1 aromatic heterocycles. The number of carbonyl (C=O) groups excluding carboxylic acids is 1. The van der Waals surface area contributed by atoms with Gasteiger partial charge in [-0.25, -0.2) is 9.18 Å². The SMILES string of the molecule is COC(=O)c1cn(Cc2ccc(F)cc2)c2ccccc12. The van der Waals surface area contributed by atoms with E-state index in [4.69, 9.17) is 4.74 Å². The predicted octanol–water partition coefficient (Wildman–Crippen LogP) is 3.62. The average Bonchev–Trinajstić information content (AvgIpc) is 2.88. The van der Waals surface area contributed by atoms with E-state index in [0.717, 1.165) is 16.5 Å². The van der Waals surface area contributed by atoms with Crippen molar-refractivity contribution in [2.75, 3.05) is 7.11 Å². The zero-order valence-electron chi connectivity index (χ0n) is 11.5. The molecule has 0 radical (unpaired) electrons. The molecule has 3 nitrogen and oxygen atoms in total. The molecule has 0 fully saturated rings. The Kier molecular flexibility index (Phi) is 3.44. The molecule has 21 heavy (non-hydrogen) atoms. The fourth-order valence-corrected chi connectivity index (χ4v) is 2.44. The lowest BCUT2D eigenvalue weighted by molar-refractivity contribution is 0.0602. The van der Waals surface area contributed by atoms with E-state index >= 15 is 0 Å². The molecule has 0 aliphatic rings. The molecule has 3 rings (SSSR count). The van der Waals surface area contributed by atoms with Crippen LogP contribution in [-0.2, 0) is 11.3 Å². The van der Waals surface area contributed by atoms with Crippen molar-refractivity contribution in [1.82, 2.24) is 4.57 Å². The summed E-state index contributed by atoms with van der Waals surface area (Å²) in [5.41, 5.74) is 2.45. The predicted molar refractivity (Wildman–Crippen MR) is 78.8 cm³/mol. The van der Waals surface area contributed by atoms with Crippen LogP contribution in [0.2, 0.25) is 0 Å². The lowest BCUT2D eigenvalue weighted by Gasteiger charge is -2.05. The standard InChI is InChI=1S/C17H14FNO2/c1-21-17(20)15-11-19(16-5-3-2-4-14(15)16)10-12-6-8-13(18)9-7-12/h2-9,11H,10H2,1H3. The van der Waals surface area contributed by atoms with Gasteiger partial charge in [0.2, 0.25) is 0 Å². The van der Waals surface area contributed by atoms with E-state index in [1.54, 1.807) is 18.3 Å². The monoisotopic (exact) mass is 283 g/mol. The van der Waals surface area contributed by atoms with Gasteiger partial charge in [-0.05, 0) is 23.8 Å². The van der Waals surface area contributed by atoms with Crippen molar-refractivity contribution >= 4 is 16.9 Å². The molecular formula is C17H14FNO2. The number of nitrogens with zero attached hydrogens (tertiary/aromatic N) is 1. The van der Waals surface area contributed by atoms with Gasteiger partial charge in [0.25, 0.3) is 0 Å². The summed E-state index contributed by atoms with van der Waals surface area (Å²) in [5, 5.41) is 0.853. The number of rotatable bonds is 3. The van der Waals surface area contributed by atoms with Crippen LogP contribution < -0.4 is 0 Å². The van der Waals surface area contributed by atoms with Crippen molar-refractivity contribution in [3.8, 4) is 0 Å². The molecule has 3 aromatic rings. The van der Waals surface area contributed by atoms with Crippen molar-refractivity contribution < 1.29 is 13.9 Å². The number of methoxy groups -OCH3 is 1. The lowest BCUT2D eigenvalue weighted by Crippen LogP contribution is -2.01. The van der Waals surface area contributed by atoms with Crippen LogP contribution >= 0.6 is 0 Å². The number of hydrogen-bond acceptors (Lipinski definition) is 2. The van der Waals surface area contributed by atoms with Gasteiger partial charge in [0.1, 0.15) is 5.82 Å². The molecule has 0 aliphatic heterocycles. The first-order chi connectivity index (χ1) is 10.2. The first-order valence-electron chi connectivity index (χ1n) is 6.59. The van der Waals surface area contributed by atoms with Crippen molar-refractivity contribution in [2.24, 2.45) is 0 Å². The Bertz CT molecular complexity index is 790. The number of hydrogen-bond donors (Lipinski definition) is 0. The molecule has 0 saturated carbocycles. The Labute approximate surface area is 121 Å². The zero-order valence-corrected chi connectivity index (χ0v) is 11.5. The van der Waals surface area contributed by atoms with Crippen LogP contribution in [-0.4, -0.2) is 17.6 Å². The summed E-state index contributed by atoms with van der Waals surface area (Å²) < 4.78 is 19.8. The third kappa shape index (κ3) is 2.52. The summed E-state index contributed by atoms with van der Waals surface area (Å²) >= 11 is 0. The first-order valence-corrected chi connectivity index (χ1v) is 6.59. The van der Waals surface area contributed by atoms with Crippen LogP contribution in [0.15, 0.2) is 54.7 Å². The smallest absolute Gasteiger partial charge is 0.340 e. The minimum atomic E-state index is -0.357. The van der Waals surface area contributed by atoms with Crippen molar-refractivity contribution in [3.05, 3.63) is 71.7 Å². The summed E-state index contributed by atoms with van der Waals surface area (Å²) in [7, 11) is 1.37. The van der Waals surface area contributed by atoms with E-state index in [-0.39, 0.29) is 11.8 Å². The molecule has 106 valence electrons. The van der Waals surface area contributed by atoms with E-state index in [0.29, 0.717) is 12.1 Å². The van der Waals surface area contributed by atoms with Gasteiger partial charge in [0, 0.05) is 23.6 Å². The number of esters is 1. The van der Waals surface area contributed by atoms with Crippen molar-refractivity contribution in [2.45, 2.75) is 6.54 Å². The first kappa shape index (κ1) is 13.4. The number of halogens is 1. The molecule has 0 bridgehead atoms. The number of aromatic nitrogens is 1. The Morgan fingerprint density at radius 3 is 2.57 bits per heavy atom. The normalized spacial score (nSPS) is 10.8. The van der Waals surface area contributed by atoms with E-state index in [1.807, 2.05) is 28.8 Å². The van der Waals surface area contributed by atoms with Crippen LogP contribution in [0.3, 0.4) is 0 Å². The fourth-order valence-electron chi connectivity index (χ4n) is 2.44. The maximum Gasteiger partial charge on any atom is 0.340 e. The third-order valence-electron chi connectivity index (χ3n) is 3.46. The third-order valence-corrected chi connectivity index (χ3v) is 3.46. The molecule has 0 atom stereocenters. The number of ether oxygens (including phenoxy) is 1. The summed E-state index contributed by atoms with van der Waals surface area (Å²) in [6, 6.07) is 14.0. The molecule has 0 N–H and O–H groups in total. The lowest BCUT2D eigenvalue weighted by atomic mass is 10.2. The Hall–Kier alpha value is -2.62. The zero-order chi connectivity index (χ0) is 14.8. The van der Waals surface area contributed by atoms with E-state index in [2.05, 4.69) is 0 Å². The molecule has 0 aliphatic carbocycles. The number of fused-ring (bicyclic) bond motifs is 1. The van der Waals surface area contributed by atoms with Gasteiger partial charge in [-0.15, -0.1) is 0 Å². The quantitative estimate of drug-likeness (QED) is 0.687. The van der Waals surface area contributed by atoms with Gasteiger partial charge in [-0.2, -0.15) is 0 Å². The minimum absolute atomic E-state index is 0.258. The highest BCUT2D eigenvalue weighted by atomic mass is 19.1. The molecular weight excluding hydrogens is 269 g/mol. The van der Waals surface area contributed by atoms with Gasteiger partial charge in [0.05, 0.1) is 12.7 Å². The molecule has 2 aromatic carbocycles. The number of carbonyl (C=O) groups is 1. The molecule has 4 heteroatoms. The maximum atomic E-state index is 13.0. The van der Waals surface area contributed by atoms with E-state index in [9.17, 15) is 9.18 Å². The van der Waals surface area contributed by atoms with Crippen LogP contribution in [0.25, 0.3) is 10.9 Å². The van der Waals surface area contributed by atoms with Gasteiger partial charge in [-0.3, -0.25) is 0 Å². The van der Waals surface area contributed by atoms with Crippen molar-refractivity contribution in [1.29, 1.82) is 0 Å². The summed E-state index contributed by atoms with van der Waals surface area (Å²) in [4.78, 5) is 11.9. The second kappa shape index (κ2) is 5.40. The Balaban J connectivity index is 2.06. The highest BCUT2D eigenvalue weighted by Gasteiger charge is 2.15. The second-order valence-electron chi connectivity index (χ2n) is 4.81. The highest BCUT2D eigenvalue weighted by Crippen LogP contribution is 2.23. The fraction of sp³-hybridized carbons (Fsp3) is 0.118. The average molecular weight is 283 g/mol. The topological polar surface area (TPSA) is 31.2 Å². The Morgan fingerprint density at radius 2 is 1.86 bits per heavy atom. The van der Waals surface area contributed by atoms with E-state index < -0.39 is 0 Å². The number of benzene rings is 2. The minimum Gasteiger partial charge on any atom is -0.465 e.